The van der Waals surface area contributed by atoms with Crippen LogP contribution in [-0.2, 0) is 23.4 Å². The van der Waals surface area contributed by atoms with Gasteiger partial charge in [-0.15, -0.1) is 0 Å². The Hall–Kier alpha value is -1.30. The first-order chi connectivity index (χ1) is 11.5. The van der Waals surface area contributed by atoms with Crippen molar-refractivity contribution in [3.8, 4) is 0 Å². The summed E-state index contributed by atoms with van der Waals surface area (Å²) in [5.41, 5.74) is 0.926. The lowest BCUT2D eigenvalue weighted by atomic mass is 9.97. The molecule has 0 aromatic heterocycles. The standard InChI is InChI=1S/C16H16ClO5PS/c17-15-6-8-16(9-7-15)24(19,20)22-12-14(10-11-21-23-18)13-4-2-1-3-5-13/h1-9,14H,10-12H2. The van der Waals surface area contributed by atoms with Crippen molar-refractivity contribution in [3.05, 3.63) is 65.2 Å². The zero-order valence-corrected chi connectivity index (χ0v) is 15.1. The molecule has 8 heteroatoms. The van der Waals surface area contributed by atoms with Gasteiger partial charge in [0.1, 0.15) is 0 Å². The number of hydrogen-bond donors (Lipinski definition) is 0. The summed E-state index contributed by atoms with van der Waals surface area (Å²) in [6, 6.07) is 15.2. The highest BCUT2D eigenvalue weighted by Crippen LogP contribution is 2.23. The topological polar surface area (TPSA) is 69.7 Å². The maximum Gasteiger partial charge on any atom is 0.327 e. The quantitative estimate of drug-likeness (QED) is 0.362. The van der Waals surface area contributed by atoms with Gasteiger partial charge in [-0.25, -0.2) is 4.57 Å². The maximum atomic E-state index is 12.3. The molecular weight excluding hydrogens is 371 g/mol. The Morgan fingerprint density at radius 1 is 1.04 bits per heavy atom. The van der Waals surface area contributed by atoms with Gasteiger partial charge in [-0.05, 0) is 36.2 Å². The van der Waals surface area contributed by atoms with Crippen LogP contribution in [-0.4, -0.2) is 21.6 Å². The van der Waals surface area contributed by atoms with Crippen molar-refractivity contribution in [1.82, 2.24) is 0 Å². The van der Waals surface area contributed by atoms with Gasteiger partial charge in [-0.1, -0.05) is 41.9 Å². The molecule has 24 heavy (non-hydrogen) atoms. The lowest BCUT2D eigenvalue weighted by molar-refractivity contribution is 0.255. The van der Waals surface area contributed by atoms with Crippen LogP contribution in [0.1, 0.15) is 17.9 Å². The van der Waals surface area contributed by atoms with Crippen molar-refractivity contribution in [2.75, 3.05) is 13.2 Å². The molecule has 0 aliphatic rings. The third-order valence-electron chi connectivity index (χ3n) is 3.41. The van der Waals surface area contributed by atoms with Gasteiger partial charge in [0.2, 0.25) is 0 Å². The summed E-state index contributed by atoms with van der Waals surface area (Å²) in [5, 5.41) is 0.449. The number of hydrogen-bond acceptors (Lipinski definition) is 5. The third-order valence-corrected chi connectivity index (χ3v) is 5.24. The van der Waals surface area contributed by atoms with Crippen LogP contribution in [0.25, 0.3) is 0 Å². The van der Waals surface area contributed by atoms with E-state index in [4.69, 9.17) is 20.3 Å². The van der Waals surface area contributed by atoms with Crippen LogP contribution in [0, 0.1) is 0 Å². The molecule has 0 radical (unpaired) electrons. The van der Waals surface area contributed by atoms with Gasteiger partial charge < -0.3 is 0 Å². The summed E-state index contributed by atoms with van der Waals surface area (Å²) < 4.78 is 44.9. The maximum absolute atomic E-state index is 12.3. The molecule has 0 saturated carbocycles. The van der Waals surface area contributed by atoms with Gasteiger partial charge >= 0.3 is 8.69 Å². The Bertz CT molecular complexity index is 750. The van der Waals surface area contributed by atoms with Crippen LogP contribution < -0.4 is 0 Å². The molecule has 2 aromatic carbocycles. The third kappa shape index (κ3) is 5.65. The Morgan fingerprint density at radius 3 is 2.33 bits per heavy atom. The predicted molar refractivity (Wildman–Crippen MR) is 91.9 cm³/mol. The average molecular weight is 387 g/mol. The van der Waals surface area contributed by atoms with Gasteiger partial charge in [0.25, 0.3) is 10.1 Å². The van der Waals surface area contributed by atoms with Crippen molar-refractivity contribution in [3.63, 3.8) is 0 Å². The molecule has 0 N–H and O–H groups in total. The molecule has 0 amide bonds. The highest BCUT2D eigenvalue weighted by Gasteiger charge is 2.19. The van der Waals surface area contributed by atoms with E-state index in [1.54, 1.807) is 0 Å². The van der Waals surface area contributed by atoms with Crippen molar-refractivity contribution >= 4 is 30.4 Å². The van der Waals surface area contributed by atoms with Gasteiger partial charge in [-0.3, -0.25) is 8.71 Å². The largest absolute Gasteiger partial charge is 0.327 e. The van der Waals surface area contributed by atoms with E-state index in [0.717, 1.165) is 5.56 Å². The van der Waals surface area contributed by atoms with Crippen LogP contribution in [0.2, 0.25) is 5.02 Å². The number of halogens is 1. The molecule has 0 fully saturated rings. The van der Waals surface area contributed by atoms with E-state index in [9.17, 15) is 13.0 Å². The first-order valence-electron chi connectivity index (χ1n) is 7.17. The van der Waals surface area contributed by atoms with Gasteiger partial charge in [-0.2, -0.15) is 8.42 Å². The van der Waals surface area contributed by atoms with E-state index in [1.165, 1.54) is 24.3 Å². The van der Waals surface area contributed by atoms with Crippen molar-refractivity contribution in [1.29, 1.82) is 0 Å². The van der Waals surface area contributed by atoms with Crippen LogP contribution in [0.15, 0.2) is 59.5 Å². The van der Waals surface area contributed by atoms with Gasteiger partial charge in [0.05, 0.1) is 18.1 Å². The average Bonchev–Trinajstić information content (AvgIpc) is 2.59. The van der Waals surface area contributed by atoms with Crippen molar-refractivity contribution < 1.29 is 21.7 Å². The fraction of sp³-hybridized carbons (Fsp3) is 0.250. The first kappa shape index (κ1) is 19.0. The SMILES string of the molecule is O=POCCC(COS(=O)(=O)c1ccc(Cl)cc1)c1ccccc1. The fourth-order valence-electron chi connectivity index (χ4n) is 2.14. The lowest BCUT2D eigenvalue weighted by Gasteiger charge is -2.16. The summed E-state index contributed by atoms with van der Waals surface area (Å²) in [4.78, 5) is 0.0491. The monoisotopic (exact) mass is 386 g/mol. The lowest BCUT2D eigenvalue weighted by Crippen LogP contribution is -2.15. The Balaban J connectivity index is 2.08. The van der Waals surface area contributed by atoms with E-state index in [0.29, 0.717) is 11.4 Å². The normalized spacial score (nSPS) is 13.0. The Morgan fingerprint density at radius 2 is 1.71 bits per heavy atom. The van der Waals surface area contributed by atoms with Gasteiger partial charge in [0, 0.05) is 10.9 Å². The second-order valence-electron chi connectivity index (χ2n) is 5.00. The number of rotatable bonds is 9. The van der Waals surface area contributed by atoms with E-state index in [-0.39, 0.29) is 24.0 Å². The molecule has 1 unspecified atom stereocenters. The van der Waals surface area contributed by atoms with E-state index >= 15 is 0 Å². The molecule has 1 atom stereocenters. The van der Waals surface area contributed by atoms with Crippen LogP contribution in [0.3, 0.4) is 0 Å². The molecule has 5 nitrogen and oxygen atoms in total. The summed E-state index contributed by atoms with van der Waals surface area (Å²) in [5.74, 6) is -0.199. The Kier molecular flexibility index (Phi) is 7.34. The second-order valence-corrected chi connectivity index (χ2v) is 7.46. The summed E-state index contributed by atoms with van der Waals surface area (Å²) in [6.45, 7) is 0.197. The molecule has 0 saturated heterocycles. The molecule has 0 bridgehead atoms. The molecule has 0 spiro atoms. The summed E-state index contributed by atoms with van der Waals surface area (Å²) in [6.07, 6.45) is 0.482. The van der Waals surface area contributed by atoms with E-state index in [2.05, 4.69) is 0 Å². The van der Waals surface area contributed by atoms with Crippen LogP contribution >= 0.6 is 20.3 Å². The highest BCUT2D eigenvalue weighted by molar-refractivity contribution is 7.86. The minimum Gasteiger partial charge on any atom is -0.294 e. The van der Waals surface area contributed by atoms with Crippen molar-refractivity contribution in [2.24, 2.45) is 0 Å². The van der Waals surface area contributed by atoms with E-state index < -0.39 is 18.8 Å². The number of benzene rings is 2. The first-order valence-corrected chi connectivity index (χ1v) is 9.69. The molecule has 0 aliphatic carbocycles. The zero-order valence-electron chi connectivity index (χ0n) is 12.7. The fourth-order valence-corrected chi connectivity index (χ4v) is 3.40. The second kappa shape index (κ2) is 9.25. The zero-order chi connectivity index (χ0) is 17.4. The highest BCUT2D eigenvalue weighted by atomic mass is 35.5. The minimum atomic E-state index is -3.87. The summed E-state index contributed by atoms with van der Waals surface area (Å²) >= 11 is 5.76. The molecule has 128 valence electrons. The summed E-state index contributed by atoms with van der Waals surface area (Å²) in [7, 11) is -4.27. The molecular formula is C16H16ClO5PS. The van der Waals surface area contributed by atoms with Gasteiger partial charge in [0.15, 0.2) is 0 Å². The van der Waals surface area contributed by atoms with Crippen LogP contribution in [0.5, 0.6) is 0 Å². The van der Waals surface area contributed by atoms with Crippen molar-refractivity contribution in [2.45, 2.75) is 17.2 Å². The smallest absolute Gasteiger partial charge is 0.294 e. The molecule has 0 aliphatic heterocycles. The predicted octanol–water partition coefficient (Wildman–Crippen LogP) is 4.44. The minimum absolute atomic E-state index is 0.0337. The molecule has 0 heterocycles. The molecule has 2 aromatic rings. The molecule has 2 rings (SSSR count). The van der Waals surface area contributed by atoms with E-state index in [1.807, 2.05) is 30.3 Å². The Labute approximate surface area is 148 Å². The van der Waals surface area contributed by atoms with Crippen LogP contribution in [0.4, 0.5) is 0 Å².